The molecule has 3 nitrogen and oxygen atoms in total. The first-order valence-corrected chi connectivity index (χ1v) is 10.4. The molecule has 0 heterocycles. The summed E-state index contributed by atoms with van der Waals surface area (Å²) in [4.78, 5) is 12.7. The lowest BCUT2D eigenvalue weighted by Crippen LogP contribution is -2.37. The fourth-order valence-electron chi connectivity index (χ4n) is 3.22. The van der Waals surface area contributed by atoms with Crippen molar-refractivity contribution in [3.63, 3.8) is 0 Å². The van der Waals surface area contributed by atoms with E-state index in [9.17, 15) is 4.79 Å². The van der Waals surface area contributed by atoms with Crippen LogP contribution in [0, 0.1) is 0 Å². The minimum atomic E-state index is -0.486. The summed E-state index contributed by atoms with van der Waals surface area (Å²) in [6.45, 7) is 13.4. The minimum Gasteiger partial charge on any atom is -0.481 e. The van der Waals surface area contributed by atoms with E-state index in [1.807, 2.05) is 19.1 Å². The second kappa shape index (κ2) is 9.77. The molecule has 0 saturated heterocycles. The number of amides is 1. The first-order chi connectivity index (χ1) is 13.3. The van der Waals surface area contributed by atoms with Crippen molar-refractivity contribution in [2.45, 2.75) is 78.9 Å². The van der Waals surface area contributed by atoms with Crippen LogP contribution in [0.4, 0.5) is 0 Å². The van der Waals surface area contributed by atoms with Gasteiger partial charge in [-0.3, -0.25) is 4.79 Å². The van der Waals surface area contributed by atoms with Crippen molar-refractivity contribution in [3.8, 4) is 5.75 Å². The smallest absolute Gasteiger partial charge is 0.261 e. The molecule has 2 aromatic rings. The summed E-state index contributed by atoms with van der Waals surface area (Å²) in [5, 5.41) is 3.07. The number of carbonyl (C=O) groups is 1. The lowest BCUT2D eigenvalue weighted by molar-refractivity contribution is -0.128. The van der Waals surface area contributed by atoms with E-state index < -0.39 is 6.10 Å². The van der Waals surface area contributed by atoms with Crippen LogP contribution in [0.5, 0.6) is 5.75 Å². The number of nitrogens with one attached hydrogen (secondary N) is 1. The molecule has 2 aromatic carbocycles. The van der Waals surface area contributed by atoms with Gasteiger partial charge < -0.3 is 10.1 Å². The maximum Gasteiger partial charge on any atom is 0.261 e. The Kier molecular flexibility index (Phi) is 7.68. The van der Waals surface area contributed by atoms with Gasteiger partial charge in [-0.1, -0.05) is 71.9 Å². The Morgan fingerprint density at radius 3 is 2.18 bits per heavy atom. The zero-order valence-corrected chi connectivity index (χ0v) is 18.3. The summed E-state index contributed by atoms with van der Waals surface area (Å²) in [5.41, 5.74) is 5.12. The molecule has 0 fully saturated rings. The van der Waals surface area contributed by atoms with Gasteiger partial charge in [-0.2, -0.15) is 0 Å². The largest absolute Gasteiger partial charge is 0.481 e. The fraction of sp³-hybridized carbons (Fsp3) is 0.480. The SMILES string of the molecule is CCc1ccc(CC)c(CNC(=O)[C@H](CC)Oc2ccc(C(C)(C)C)cc2)c1. The van der Waals surface area contributed by atoms with E-state index in [4.69, 9.17) is 4.74 Å². The van der Waals surface area contributed by atoms with Crippen molar-refractivity contribution in [2.75, 3.05) is 0 Å². The number of benzene rings is 2. The van der Waals surface area contributed by atoms with Crippen LogP contribution in [0.3, 0.4) is 0 Å². The van der Waals surface area contributed by atoms with Crippen LogP contribution in [-0.4, -0.2) is 12.0 Å². The van der Waals surface area contributed by atoms with E-state index in [0.717, 1.165) is 18.6 Å². The number of aryl methyl sites for hydroxylation is 2. The van der Waals surface area contributed by atoms with Crippen LogP contribution in [-0.2, 0) is 29.6 Å². The molecule has 1 N–H and O–H groups in total. The van der Waals surface area contributed by atoms with Crippen LogP contribution in [0.2, 0.25) is 0 Å². The monoisotopic (exact) mass is 381 g/mol. The Morgan fingerprint density at radius 2 is 1.64 bits per heavy atom. The summed E-state index contributed by atoms with van der Waals surface area (Å²) < 4.78 is 5.97. The molecule has 0 saturated carbocycles. The third-order valence-electron chi connectivity index (χ3n) is 5.17. The third kappa shape index (κ3) is 5.85. The second-order valence-corrected chi connectivity index (χ2v) is 8.32. The lowest BCUT2D eigenvalue weighted by atomic mass is 9.87. The Morgan fingerprint density at radius 1 is 0.964 bits per heavy atom. The lowest BCUT2D eigenvalue weighted by Gasteiger charge is -2.21. The van der Waals surface area contributed by atoms with E-state index in [1.165, 1.54) is 22.3 Å². The Balaban J connectivity index is 2.02. The van der Waals surface area contributed by atoms with E-state index >= 15 is 0 Å². The van der Waals surface area contributed by atoms with Crippen LogP contribution in [0.15, 0.2) is 42.5 Å². The molecule has 0 unspecified atom stereocenters. The molecule has 0 aliphatic carbocycles. The van der Waals surface area contributed by atoms with Gasteiger partial charge in [0, 0.05) is 6.54 Å². The average molecular weight is 382 g/mol. The predicted octanol–water partition coefficient (Wildman–Crippen LogP) is 5.58. The van der Waals surface area contributed by atoms with E-state index in [-0.39, 0.29) is 11.3 Å². The van der Waals surface area contributed by atoms with Crippen molar-refractivity contribution >= 4 is 5.91 Å². The van der Waals surface area contributed by atoms with Crippen LogP contribution in [0.25, 0.3) is 0 Å². The molecule has 0 spiro atoms. The van der Waals surface area contributed by atoms with Crippen molar-refractivity contribution in [2.24, 2.45) is 0 Å². The van der Waals surface area contributed by atoms with Gasteiger partial charge in [0.1, 0.15) is 5.75 Å². The average Bonchev–Trinajstić information content (AvgIpc) is 2.69. The van der Waals surface area contributed by atoms with Gasteiger partial charge in [-0.15, -0.1) is 0 Å². The topological polar surface area (TPSA) is 38.3 Å². The van der Waals surface area contributed by atoms with E-state index in [2.05, 4.69) is 70.3 Å². The van der Waals surface area contributed by atoms with E-state index in [1.54, 1.807) is 0 Å². The van der Waals surface area contributed by atoms with Crippen molar-refractivity contribution < 1.29 is 9.53 Å². The molecule has 0 aliphatic heterocycles. The molecule has 1 amide bonds. The van der Waals surface area contributed by atoms with Gasteiger partial charge in [0.15, 0.2) is 6.10 Å². The molecule has 0 radical (unpaired) electrons. The Bertz CT molecular complexity index is 772. The van der Waals surface area contributed by atoms with Crippen molar-refractivity contribution in [1.29, 1.82) is 0 Å². The maximum absolute atomic E-state index is 12.7. The molecule has 152 valence electrons. The summed E-state index contributed by atoms with van der Waals surface area (Å²) in [6, 6.07) is 14.6. The standard InChI is InChI=1S/C25H35NO2/c1-7-18-10-11-19(8-2)20(16-18)17-26-24(27)23(9-3)28-22-14-12-21(13-15-22)25(4,5)6/h10-16,23H,7-9,17H2,1-6H3,(H,26,27)/t23-/m0/s1. The molecule has 1 atom stereocenters. The van der Waals surface area contributed by atoms with Crippen LogP contribution >= 0.6 is 0 Å². The van der Waals surface area contributed by atoms with Crippen molar-refractivity contribution in [3.05, 3.63) is 64.7 Å². The van der Waals surface area contributed by atoms with Gasteiger partial charge in [0.25, 0.3) is 5.91 Å². The first-order valence-electron chi connectivity index (χ1n) is 10.4. The highest BCUT2D eigenvalue weighted by atomic mass is 16.5. The van der Waals surface area contributed by atoms with Crippen LogP contribution in [0.1, 0.15) is 70.2 Å². The Labute approximate surface area is 170 Å². The molecule has 0 aliphatic rings. The highest BCUT2D eigenvalue weighted by Crippen LogP contribution is 2.25. The fourth-order valence-corrected chi connectivity index (χ4v) is 3.22. The van der Waals surface area contributed by atoms with Crippen molar-refractivity contribution in [1.82, 2.24) is 5.32 Å². The number of hydrogen-bond donors (Lipinski definition) is 1. The summed E-state index contributed by atoms with van der Waals surface area (Å²) in [6.07, 6.45) is 2.10. The van der Waals surface area contributed by atoms with Crippen LogP contribution < -0.4 is 10.1 Å². The molecule has 2 rings (SSSR count). The molecule has 28 heavy (non-hydrogen) atoms. The third-order valence-corrected chi connectivity index (χ3v) is 5.17. The van der Waals surface area contributed by atoms with E-state index in [0.29, 0.717) is 13.0 Å². The minimum absolute atomic E-state index is 0.0636. The normalized spacial score (nSPS) is 12.5. The zero-order valence-electron chi connectivity index (χ0n) is 18.3. The van der Waals surface area contributed by atoms with Gasteiger partial charge in [0.05, 0.1) is 0 Å². The van der Waals surface area contributed by atoms with Gasteiger partial charge in [-0.25, -0.2) is 0 Å². The van der Waals surface area contributed by atoms with Gasteiger partial charge in [-0.05, 0) is 59.1 Å². The number of hydrogen-bond acceptors (Lipinski definition) is 2. The van der Waals surface area contributed by atoms with Gasteiger partial charge in [0.2, 0.25) is 0 Å². The Hall–Kier alpha value is -2.29. The number of ether oxygens (including phenoxy) is 1. The first kappa shape index (κ1) is 22.0. The number of rotatable bonds is 8. The summed E-state index contributed by atoms with van der Waals surface area (Å²) >= 11 is 0. The highest BCUT2D eigenvalue weighted by molar-refractivity contribution is 5.81. The zero-order chi connectivity index (χ0) is 20.7. The molecular weight excluding hydrogens is 346 g/mol. The second-order valence-electron chi connectivity index (χ2n) is 8.32. The molecule has 0 bridgehead atoms. The number of carbonyl (C=O) groups excluding carboxylic acids is 1. The quantitative estimate of drug-likeness (QED) is 0.648. The molecular formula is C25H35NO2. The maximum atomic E-state index is 12.7. The summed E-state index contributed by atoms with van der Waals surface area (Å²) in [7, 11) is 0. The molecule has 3 heteroatoms. The highest BCUT2D eigenvalue weighted by Gasteiger charge is 2.19. The summed E-state index contributed by atoms with van der Waals surface area (Å²) in [5.74, 6) is 0.670. The predicted molar refractivity (Wildman–Crippen MR) is 117 cm³/mol. The van der Waals surface area contributed by atoms with Gasteiger partial charge >= 0.3 is 0 Å². The molecule has 0 aromatic heterocycles.